The summed E-state index contributed by atoms with van der Waals surface area (Å²) in [5.41, 5.74) is 1.86. The maximum Gasteiger partial charge on any atom is 0.223 e. The van der Waals surface area contributed by atoms with E-state index in [9.17, 15) is 4.79 Å². The lowest BCUT2D eigenvalue weighted by Gasteiger charge is -2.02. The first-order valence-electron chi connectivity index (χ1n) is 4.88. The summed E-state index contributed by atoms with van der Waals surface area (Å²) < 4.78 is 5.00. The number of rotatable bonds is 3. The van der Waals surface area contributed by atoms with Crippen molar-refractivity contribution in [1.29, 1.82) is 0 Å². The van der Waals surface area contributed by atoms with E-state index >= 15 is 0 Å². The first kappa shape index (κ1) is 9.24. The molecule has 0 radical (unpaired) electrons. The first-order valence-corrected chi connectivity index (χ1v) is 4.88. The fourth-order valence-corrected chi connectivity index (χ4v) is 1.42. The molecule has 2 rings (SSSR count). The Kier molecular flexibility index (Phi) is 2.27. The van der Waals surface area contributed by atoms with Crippen LogP contribution in [0.1, 0.15) is 29.9 Å². The standard InChI is InChI=1S/C10H14N2O2/c1-6-9(7(2)14-12-6)5-11-10(13)8-3-4-8/h8H,3-5H2,1-2H3,(H,11,13). The minimum Gasteiger partial charge on any atom is -0.361 e. The number of hydrogen-bond acceptors (Lipinski definition) is 3. The predicted molar refractivity (Wildman–Crippen MR) is 50.5 cm³/mol. The van der Waals surface area contributed by atoms with Crippen LogP contribution in [0.2, 0.25) is 0 Å². The molecule has 1 amide bonds. The minimum absolute atomic E-state index is 0.157. The quantitative estimate of drug-likeness (QED) is 0.789. The van der Waals surface area contributed by atoms with Crippen molar-refractivity contribution in [2.24, 2.45) is 5.92 Å². The Hall–Kier alpha value is -1.32. The van der Waals surface area contributed by atoms with Crippen LogP contribution < -0.4 is 5.32 Å². The highest BCUT2D eigenvalue weighted by Gasteiger charge is 2.29. The van der Waals surface area contributed by atoms with Gasteiger partial charge in [-0.3, -0.25) is 4.79 Å². The van der Waals surface area contributed by atoms with Gasteiger partial charge in [0.1, 0.15) is 5.76 Å². The summed E-state index contributed by atoms with van der Waals surface area (Å²) in [4.78, 5) is 11.4. The molecule has 0 saturated heterocycles. The van der Waals surface area contributed by atoms with Crippen LogP contribution in [-0.4, -0.2) is 11.1 Å². The van der Waals surface area contributed by atoms with Gasteiger partial charge in [0.2, 0.25) is 5.91 Å². The molecule has 4 nitrogen and oxygen atoms in total. The van der Waals surface area contributed by atoms with Gasteiger partial charge in [-0.05, 0) is 26.7 Å². The molecule has 4 heteroatoms. The van der Waals surface area contributed by atoms with Crippen LogP contribution >= 0.6 is 0 Å². The van der Waals surface area contributed by atoms with Crippen LogP contribution in [-0.2, 0) is 11.3 Å². The zero-order chi connectivity index (χ0) is 10.1. The summed E-state index contributed by atoms with van der Waals surface area (Å²) in [5.74, 6) is 1.21. The lowest BCUT2D eigenvalue weighted by atomic mass is 10.2. The van der Waals surface area contributed by atoms with Crippen LogP contribution in [0, 0.1) is 19.8 Å². The van der Waals surface area contributed by atoms with Crippen molar-refractivity contribution in [1.82, 2.24) is 10.5 Å². The Bertz CT molecular complexity index is 334. The number of nitrogens with one attached hydrogen (secondary N) is 1. The van der Waals surface area contributed by atoms with Crippen molar-refractivity contribution >= 4 is 5.91 Å². The van der Waals surface area contributed by atoms with Gasteiger partial charge in [0.05, 0.1) is 5.69 Å². The largest absolute Gasteiger partial charge is 0.361 e. The number of aryl methyl sites for hydroxylation is 2. The van der Waals surface area contributed by atoms with Crippen LogP contribution in [0.4, 0.5) is 0 Å². The van der Waals surface area contributed by atoms with E-state index in [2.05, 4.69) is 10.5 Å². The molecule has 1 aliphatic rings. The Morgan fingerprint density at radius 1 is 1.57 bits per heavy atom. The average Bonchev–Trinajstić information content (AvgIpc) is 2.93. The summed E-state index contributed by atoms with van der Waals surface area (Å²) in [6.45, 7) is 4.28. The normalized spacial score (nSPS) is 15.6. The second-order valence-electron chi connectivity index (χ2n) is 3.79. The molecule has 0 unspecified atom stereocenters. The summed E-state index contributed by atoms with van der Waals surface area (Å²) in [7, 11) is 0. The lowest BCUT2D eigenvalue weighted by molar-refractivity contribution is -0.122. The third-order valence-electron chi connectivity index (χ3n) is 2.57. The topological polar surface area (TPSA) is 55.1 Å². The molecule has 1 heterocycles. The van der Waals surface area contributed by atoms with Gasteiger partial charge >= 0.3 is 0 Å². The van der Waals surface area contributed by atoms with Crippen LogP contribution in [0.25, 0.3) is 0 Å². The van der Waals surface area contributed by atoms with E-state index in [1.807, 2.05) is 13.8 Å². The van der Waals surface area contributed by atoms with Gasteiger partial charge in [-0.2, -0.15) is 0 Å². The number of amides is 1. The van der Waals surface area contributed by atoms with Crippen molar-refractivity contribution in [2.45, 2.75) is 33.2 Å². The number of nitrogens with zero attached hydrogens (tertiary/aromatic N) is 1. The fourth-order valence-electron chi connectivity index (χ4n) is 1.42. The highest BCUT2D eigenvalue weighted by Crippen LogP contribution is 2.28. The minimum atomic E-state index is 0.157. The van der Waals surface area contributed by atoms with Crippen molar-refractivity contribution in [3.8, 4) is 0 Å². The Morgan fingerprint density at radius 2 is 2.29 bits per heavy atom. The van der Waals surface area contributed by atoms with E-state index in [1.54, 1.807) is 0 Å². The number of aromatic nitrogens is 1. The molecular weight excluding hydrogens is 180 g/mol. The van der Waals surface area contributed by atoms with E-state index in [4.69, 9.17) is 4.52 Å². The molecular formula is C10H14N2O2. The zero-order valence-electron chi connectivity index (χ0n) is 8.46. The first-order chi connectivity index (χ1) is 6.68. The molecule has 0 bridgehead atoms. The molecule has 0 aliphatic heterocycles. The van der Waals surface area contributed by atoms with Gasteiger partial charge in [0.25, 0.3) is 0 Å². The van der Waals surface area contributed by atoms with Crippen LogP contribution in [0.5, 0.6) is 0 Å². The van der Waals surface area contributed by atoms with Crippen molar-refractivity contribution < 1.29 is 9.32 Å². The average molecular weight is 194 g/mol. The van der Waals surface area contributed by atoms with Gasteiger partial charge in [0.15, 0.2) is 0 Å². The van der Waals surface area contributed by atoms with E-state index < -0.39 is 0 Å². The Balaban J connectivity index is 1.93. The zero-order valence-corrected chi connectivity index (χ0v) is 8.46. The van der Waals surface area contributed by atoms with Crippen molar-refractivity contribution in [3.05, 3.63) is 17.0 Å². The monoisotopic (exact) mass is 194 g/mol. The summed E-state index contributed by atoms with van der Waals surface area (Å²) in [5, 5.41) is 6.72. The lowest BCUT2D eigenvalue weighted by Crippen LogP contribution is -2.24. The molecule has 1 aliphatic carbocycles. The van der Waals surface area contributed by atoms with E-state index in [0.717, 1.165) is 29.9 Å². The third-order valence-corrected chi connectivity index (χ3v) is 2.57. The number of hydrogen-bond donors (Lipinski definition) is 1. The molecule has 1 aromatic heterocycles. The maximum atomic E-state index is 11.4. The molecule has 1 saturated carbocycles. The molecule has 14 heavy (non-hydrogen) atoms. The van der Waals surface area contributed by atoms with Crippen molar-refractivity contribution in [2.75, 3.05) is 0 Å². The van der Waals surface area contributed by atoms with Crippen LogP contribution in [0.15, 0.2) is 4.52 Å². The summed E-state index contributed by atoms with van der Waals surface area (Å²) >= 11 is 0. The summed E-state index contributed by atoms with van der Waals surface area (Å²) in [6, 6.07) is 0. The highest BCUT2D eigenvalue weighted by molar-refractivity contribution is 5.80. The van der Waals surface area contributed by atoms with Crippen LogP contribution in [0.3, 0.4) is 0 Å². The highest BCUT2D eigenvalue weighted by atomic mass is 16.5. The maximum absolute atomic E-state index is 11.4. The predicted octanol–water partition coefficient (Wildman–Crippen LogP) is 1.32. The number of carbonyl (C=O) groups excluding carboxylic acids is 1. The van der Waals surface area contributed by atoms with E-state index in [0.29, 0.717) is 6.54 Å². The fraction of sp³-hybridized carbons (Fsp3) is 0.600. The van der Waals surface area contributed by atoms with Gasteiger partial charge < -0.3 is 9.84 Å². The SMILES string of the molecule is Cc1noc(C)c1CNC(=O)C1CC1. The molecule has 76 valence electrons. The van der Waals surface area contributed by atoms with Gasteiger partial charge in [-0.25, -0.2) is 0 Å². The molecule has 1 fully saturated rings. The Morgan fingerprint density at radius 3 is 2.79 bits per heavy atom. The molecule has 0 aromatic carbocycles. The smallest absolute Gasteiger partial charge is 0.223 e. The van der Waals surface area contributed by atoms with Gasteiger partial charge in [-0.1, -0.05) is 5.16 Å². The van der Waals surface area contributed by atoms with Gasteiger partial charge in [-0.15, -0.1) is 0 Å². The van der Waals surface area contributed by atoms with Gasteiger partial charge in [0, 0.05) is 18.0 Å². The Labute approximate surface area is 82.7 Å². The second kappa shape index (κ2) is 3.44. The third kappa shape index (κ3) is 1.78. The summed E-state index contributed by atoms with van der Waals surface area (Å²) in [6.07, 6.45) is 2.07. The molecule has 0 spiro atoms. The second-order valence-corrected chi connectivity index (χ2v) is 3.79. The van der Waals surface area contributed by atoms with E-state index in [-0.39, 0.29) is 11.8 Å². The van der Waals surface area contributed by atoms with E-state index in [1.165, 1.54) is 0 Å². The number of carbonyl (C=O) groups is 1. The molecule has 1 N–H and O–H groups in total. The van der Waals surface area contributed by atoms with Crippen molar-refractivity contribution in [3.63, 3.8) is 0 Å². The molecule has 1 aromatic rings. The molecule has 0 atom stereocenters.